The van der Waals surface area contributed by atoms with Crippen LogP contribution in [-0.4, -0.2) is 57.2 Å². The molecule has 1 N–H and O–H groups in total. The highest BCUT2D eigenvalue weighted by Crippen LogP contribution is 2.34. The average Bonchev–Trinajstić information content (AvgIpc) is 2.83. The van der Waals surface area contributed by atoms with E-state index >= 15 is 4.39 Å². The molecule has 8 heteroatoms. The first-order chi connectivity index (χ1) is 15.6. The second kappa shape index (κ2) is 7.78. The number of nitrogens with zero attached hydrogens (tertiary/aromatic N) is 5. The van der Waals surface area contributed by atoms with Crippen LogP contribution in [0.1, 0.15) is 5.56 Å². The third-order valence-corrected chi connectivity index (χ3v) is 5.77. The summed E-state index contributed by atoms with van der Waals surface area (Å²) < 4.78 is 15.7. The van der Waals surface area contributed by atoms with E-state index in [1.165, 1.54) is 11.2 Å². The monoisotopic (exact) mass is 427 g/mol. The summed E-state index contributed by atoms with van der Waals surface area (Å²) in [5, 5.41) is 11.3. The molecular formula is C24H18FN5O2. The van der Waals surface area contributed by atoms with E-state index in [9.17, 15) is 4.79 Å². The molecule has 32 heavy (non-hydrogen) atoms. The Morgan fingerprint density at radius 2 is 1.81 bits per heavy atom. The van der Waals surface area contributed by atoms with E-state index in [-0.39, 0.29) is 11.2 Å². The summed E-state index contributed by atoms with van der Waals surface area (Å²) in [5.41, 5.74) is 1.60. The number of carbonyl (C=O) groups is 1. The zero-order valence-corrected chi connectivity index (χ0v) is 17.0. The number of terminal acetylenes is 1. The van der Waals surface area contributed by atoms with Crippen LogP contribution in [0.3, 0.4) is 0 Å². The van der Waals surface area contributed by atoms with Crippen LogP contribution in [0.2, 0.25) is 0 Å². The molecule has 0 unspecified atom stereocenters. The van der Waals surface area contributed by atoms with E-state index in [1.54, 1.807) is 12.3 Å². The molecule has 0 spiro atoms. The van der Waals surface area contributed by atoms with Crippen molar-refractivity contribution in [2.75, 3.05) is 31.1 Å². The van der Waals surface area contributed by atoms with Gasteiger partial charge in [0.2, 0.25) is 0 Å². The number of pyridine rings is 1. The predicted molar refractivity (Wildman–Crippen MR) is 120 cm³/mol. The lowest BCUT2D eigenvalue weighted by molar-refractivity contribution is 0.142. The number of fused-ring (bicyclic) bond motifs is 2. The van der Waals surface area contributed by atoms with Gasteiger partial charge in [-0.3, -0.25) is 4.98 Å². The molecule has 0 bridgehead atoms. The lowest BCUT2D eigenvalue weighted by atomic mass is 9.97. The maximum atomic E-state index is 15.7. The minimum atomic E-state index is -0.948. The molecule has 7 nitrogen and oxygen atoms in total. The topological polar surface area (TPSA) is 82.5 Å². The number of amides is 1. The maximum Gasteiger partial charge on any atom is 0.407 e. The Kier molecular flexibility index (Phi) is 4.79. The molecule has 1 amide bonds. The smallest absolute Gasteiger partial charge is 0.407 e. The molecule has 0 radical (unpaired) electrons. The van der Waals surface area contributed by atoms with E-state index < -0.39 is 11.9 Å². The standard InChI is InChI=1S/C24H18FN5O2/c1-2-15-5-3-6-16-7-4-8-17(19(15)16)21-20(25)22-18(13-26-21)23(28-14-27-22)29-9-11-30(12-10-29)24(31)32/h1,3-8,13-14H,9-12H2,(H,31,32). The van der Waals surface area contributed by atoms with Gasteiger partial charge in [-0.25, -0.2) is 19.2 Å². The second-order valence-corrected chi connectivity index (χ2v) is 7.49. The van der Waals surface area contributed by atoms with Crippen LogP contribution < -0.4 is 4.90 Å². The third kappa shape index (κ3) is 3.15. The fourth-order valence-corrected chi connectivity index (χ4v) is 4.19. The zero-order chi connectivity index (χ0) is 22.2. The predicted octanol–water partition coefficient (Wildman–Crippen LogP) is 3.77. The van der Waals surface area contributed by atoms with Crippen LogP contribution in [0.15, 0.2) is 48.9 Å². The summed E-state index contributed by atoms with van der Waals surface area (Å²) in [6, 6.07) is 11.2. The summed E-state index contributed by atoms with van der Waals surface area (Å²) in [4.78, 5) is 27.4. The third-order valence-electron chi connectivity index (χ3n) is 5.77. The average molecular weight is 427 g/mol. The molecule has 1 saturated heterocycles. The highest BCUT2D eigenvalue weighted by molar-refractivity contribution is 6.01. The molecule has 1 aliphatic rings. The van der Waals surface area contributed by atoms with Gasteiger partial charge >= 0.3 is 6.09 Å². The van der Waals surface area contributed by atoms with Crippen molar-refractivity contribution >= 4 is 33.6 Å². The largest absolute Gasteiger partial charge is 0.465 e. The first kappa shape index (κ1) is 19.7. The maximum absolute atomic E-state index is 15.7. The van der Waals surface area contributed by atoms with Crippen molar-refractivity contribution in [3.8, 4) is 23.6 Å². The van der Waals surface area contributed by atoms with Crippen molar-refractivity contribution in [3.05, 3.63) is 60.3 Å². The second-order valence-electron chi connectivity index (χ2n) is 7.49. The quantitative estimate of drug-likeness (QED) is 0.491. The first-order valence-corrected chi connectivity index (χ1v) is 10.1. The van der Waals surface area contributed by atoms with E-state index in [0.717, 1.165) is 10.8 Å². The van der Waals surface area contributed by atoms with Gasteiger partial charge < -0.3 is 14.9 Å². The fourth-order valence-electron chi connectivity index (χ4n) is 4.19. The summed E-state index contributed by atoms with van der Waals surface area (Å²) >= 11 is 0. The van der Waals surface area contributed by atoms with Crippen LogP contribution in [0.25, 0.3) is 32.9 Å². The van der Waals surface area contributed by atoms with Gasteiger partial charge in [0.15, 0.2) is 5.82 Å². The number of carboxylic acid groups (broad SMARTS) is 1. The molecule has 1 aliphatic heterocycles. The van der Waals surface area contributed by atoms with Gasteiger partial charge in [0.1, 0.15) is 23.4 Å². The van der Waals surface area contributed by atoms with Gasteiger partial charge in [-0.1, -0.05) is 36.3 Å². The van der Waals surface area contributed by atoms with Crippen LogP contribution in [0.5, 0.6) is 0 Å². The molecule has 2 aromatic heterocycles. The van der Waals surface area contributed by atoms with Crippen LogP contribution in [0, 0.1) is 18.2 Å². The Labute approximate surface area is 183 Å². The molecule has 5 rings (SSSR count). The number of anilines is 1. The summed E-state index contributed by atoms with van der Waals surface area (Å²) in [7, 11) is 0. The first-order valence-electron chi connectivity index (χ1n) is 10.1. The highest BCUT2D eigenvalue weighted by Gasteiger charge is 2.24. The van der Waals surface area contributed by atoms with Gasteiger partial charge in [0.25, 0.3) is 0 Å². The molecular weight excluding hydrogens is 409 g/mol. The molecule has 0 aliphatic carbocycles. The molecule has 0 saturated carbocycles. The zero-order valence-electron chi connectivity index (χ0n) is 17.0. The minimum Gasteiger partial charge on any atom is -0.465 e. The summed E-state index contributed by atoms with van der Waals surface area (Å²) in [5.74, 6) is 2.67. The van der Waals surface area contributed by atoms with Crippen LogP contribution >= 0.6 is 0 Å². The number of benzene rings is 2. The van der Waals surface area contributed by atoms with Gasteiger partial charge in [0, 0.05) is 48.9 Å². The molecule has 2 aromatic carbocycles. The SMILES string of the molecule is C#Cc1cccc2cccc(-c3ncc4c(N5CCN(C(=O)O)CC5)ncnc4c3F)c12. The Hall–Kier alpha value is -4.25. The molecule has 0 atom stereocenters. The minimum absolute atomic E-state index is 0.163. The molecule has 158 valence electrons. The van der Waals surface area contributed by atoms with Crippen LogP contribution in [-0.2, 0) is 0 Å². The number of hydrogen-bond acceptors (Lipinski definition) is 5. The van der Waals surface area contributed by atoms with Crippen molar-refractivity contribution in [1.29, 1.82) is 0 Å². The van der Waals surface area contributed by atoms with Crippen LogP contribution in [0.4, 0.5) is 15.0 Å². The van der Waals surface area contributed by atoms with Gasteiger partial charge in [-0.05, 0) is 11.5 Å². The Morgan fingerprint density at radius 3 is 2.53 bits per heavy atom. The Morgan fingerprint density at radius 1 is 1.06 bits per heavy atom. The van der Waals surface area contributed by atoms with E-state index in [2.05, 4.69) is 20.9 Å². The van der Waals surface area contributed by atoms with Gasteiger partial charge in [-0.2, -0.15) is 0 Å². The number of halogens is 1. The number of hydrogen-bond donors (Lipinski definition) is 1. The Bertz CT molecular complexity index is 1400. The normalized spacial score (nSPS) is 14.0. The van der Waals surface area contributed by atoms with Gasteiger partial charge in [-0.15, -0.1) is 6.42 Å². The molecule has 4 aromatic rings. The number of rotatable bonds is 2. The highest BCUT2D eigenvalue weighted by atomic mass is 19.1. The van der Waals surface area contributed by atoms with Crippen molar-refractivity contribution in [3.63, 3.8) is 0 Å². The summed E-state index contributed by atoms with van der Waals surface area (Å²) in [6.07, 6.45) is 7.64. The molecule has 1 fully saturated rings. The van der Waals surface area contributed by atoms with E-state index in [1.807, 2.05) is 35.2 Å². The van der Waals surface area contributed by atoms with E-state index in [0.29, 0.717) is 48.5 Å². The number of piperazine rings is 1. The fraction of sp³-hybridized carbons (Fsp3) is 0.167. The van der Waals surface area contributed by atoms with Crippen molar-refractivity contribution < 1.29 is 14.3 Å². The van der Waals surface area contributed by atoms with Crippen molar-refractivity contribution in [2.24, 2.45) is 0 Å². The van der Waals surface area contributed by atoms with Crippen molar-refractivity contribution in [1.82, 2.24) is 19.9 Å². The Balaban J connectivity index is 1.62. The van der Waals surface area contributed by atoms with Crippen molar-refractivity contribution in [2.45, 2.75) is 0 Å². The lowest BCUT2D eigenvalue weighted by Gasteiger charge is -2.34. The van der Waals surface area contributed by atoms with E-state index in [4.69, 9.17) is 11.5 Å². The number of aromatic nitrogens is 3. The van der Waals surface area contributed by atoms with Gasteiger partial charge in [0.05, 0.1) is 5.39 Å². The molecule has 3 heterocycles. The summed E-state index contributed by atoms with van der Waals surface area (Å²) in [6.45, 7) is 1.60. The lowest BCUT2D eigenvalue weighted by Crippen LogP contribution is -2.48.